The second-order valence-corrected chi connectivity index (χ2v) is 4.76. The Morgan fingerprint density at radius 1 is 1.00 bits per heavy atom. The van der Waals surface area contributed by atoms with Crippen LogP contribution >= 0.6 is 11.8 Å². The van der Waals surface area contributed by atoms with Crippen LogP contribution in [0.4, 0.5) is 11.4 Å². The summed E-state index contributed by atoms with van der Waals surface area (Å²) in [6.45, 7) is 2.01. The topological polar surface area (TPSA) is 52.0 Å². The summed E-state index contributed by atoms with van der Waals surface area (Å²) in [6, 6.07) is 14.0. The van der Waals surface area contributed by atoms with E-state index in [4.69, 9.17) is 11.5 Å². The quantitative estimate of drug-likeness (QED) is 0.778. The fourth-order valence-corrected chi connectivity index (χ4v) is 2.47. The number of hydrogen-bond acceptors (Lipinski definition) is 3. The van der Waals surface area contributed by atoms with Crippen LogP contribution in [0.5, 0.6) is 0 Å². The Balaban J connectivity index is 2.35. The fraction of sp³-hybridized carbons (Fsp3) is 0.0769. The maximum atomic E-state index is 5.88. The zero-order valence-electron chi connectivity index (χ0n) is 9.10. The molecule has 0 aliphatic heterocycles. The molecule has 0 bridgehead atoms. The zero-order valence-corrected chi connectivity index (χ0v) is 9.92. The molecule has 0 radical (unpaired) electrons. The summed E-state index contributed by atoms with van der Waals surface area (Å²) in [5.74, 6) is 0. The average Bonchev–Trinajstić information content (AvgIpc) is 2.27. The van der Waals surface area contributed by atoms with Crippen LogP contribution in [0.3, 0.4) is 0 Å². The third-order valence-corrected chi connectivity index (χ3v) is 3.55. The Hall–Kier alpha value is -1.61. The molecule has 0 heterocycles. The number of hydrogen-bond donors (Lipinski definition) is 2. The lowest BCUT2D eigenvalue weighted by Crippen LogP contribution is -1.95. The van der Waals surface area contributed by atoms with Crippen molar-refractivity contribution in [3.05, 3.63) is 48.0 Å². The maximum absolute atomic E-state index is 5.88. The molecule has 0 fully saturated rings. The van der Waals surface area contributed by atoms with Crippen molar-refractivity contribution in [3.8, 4) is 0 Å². The van der Waals surface area contributed by atoms with Gasteiger partial charge in [-0.3, -0.25) is 0 Å². The third-order valence-electron chi connectivity index (χ3n) is 2.39. The summed E-state index contributed by atoms with van der Waals surface area (Å²) in [6.07, 6.45) is 0. The molecule has 3 heteroatoms. The first-order valence-electron chi connectivity index (χ1n) is 5.05. The summed E-state index contributed by atoms with van der Waals surface area (Å²) in [7, 11) is 0. The van der Waals surface area contributed by atoms with Gasteiger partial charge >= 0.3 is 0 Å². The normalized spacial score (nSPS) is 10.3. The van der Waals surface area contributed by atoms with Gasteiger partial charge in [0.25, 0.3) is 0 Å². The van der Waals surface area contributed by atoms with Crippen molar-refractivity contribution in [2.45, 2.75) is 16.7 Å². The molecule has 4 N–H and O–H groups in total. The lowest BCUT2D eigenvalue weighted by atomic mass is 10.2. The van der Waals surface area contributed by atoms with Gasteiger partial charge in [0, 0.05) is 21.2 Å². The largest absolute Gasteiger partial charge is 0.399 e. The number of benzene rings is 2. The first kappa shape index (κ1) is 10.9. The van der Waals surface area contributed by atoms with Crippen molar-refractivity contribution in [2.24, 2.45) is 0 Å². The minimum atomic E-state index is 0.710. The van der Waals surface area contributed by atoms with Crippen LogP contribution in [-0.4, -0.2) is 0 Å². The second-order valence-electron chi connectivity index (χ2n) is 3.65. The van der Waals surface area contributed by atoms with Gasteiger partial charge in [-0.15, -0.1) is 0 Å². The van der Waals surface area contributed by atoms with E-state index in [1.54, 1.807) is 17.8 Å². The Morgan fingerprint density at radius 2 is 1.69 bits per heavy atom. The summed E-state index contributed by atoms with van der Waals surface area (Å²) in [5.41, 5.74) is 14.2. The Labute approximate surface area is 99.7 Å². The predicted molar refractivity (Wildman–Crippen MR) is 70.6 cm³/mol. The summed E-state index contributed by atoms with van der Waals surface area (Å²) in [5, 5.41) is 0. The Morgan fingerprint density at radius 3 is 2.38 bits per heavy atom. The monoisotopic (exact) mass is 230 g/mol. The molecule has 0 amide bonds. The van der Waals surface area contributed by atoms with Crippen LogP contribution in [0.25, 0.3) is 0 Å². The van der Waals surface area contributed by atoms with Gasteiger partial charge in [0.2, 0.25) is 0 Å². The van der Waals surface area contributed by atoms with E-state index in [0.717, 1.165) is 16.1 Å². The van der Waals surface area contributed by atoms with Crippen LogP contribution in [0.2, 0.25) is 0 Å². The van der Waals surface area contributed by atoms with E-state index in [1.165, 1.54) is 4.90 Å². The highest BCUT2D eigenvalue weighted by Crippen LogP contribution is 2.34. The van der Waals surface area contributed by atoms with E-state index in [9.17, 15) is 0 Å². The van der Waals surface area contributed by atoms with E-state index >= 15 is 0 Å². The smallest absolute Gasteiger partial charge is 0.0375 e. The highest BCUT2D eigenvalue weighted by molar-refractivity contribution is 7.99. The predicted octanol–water partition coefficient (Wildman–Crippen LogP) is 3.31. The molecule has 2 nitrogen and oxygen atoms in total. The van der Waals surface area contributed by atoms with Gasteiger partial charge in [0.05, 0.1) is 0 Å². The molecule has 0 aromatic heterocycles. The molecule has 16 heavy (non-hydrogen) atoms. The van der Waals surface area contributed by atoms with Gasteiger partial charge in [-0.1, -0.05) is 30.0 Å². The lowest BCUT2D eigenvalue weighted by molar-refractivity contribution is 1.30. The molecule has 0 unspecified atom stereocenters. The second kappa shape index (κ2) is 4.49. The van der Waals surface area contributed by atoms with Crippen LogP contribution in [0, 0.1) is 6.92 Å². The number of nitrogen functional groups attached to an aromatic ring is 2. The maximum Gasteiger partial charge on any atom is 0.0375 e. The third kappa shape index (κ3) is 2.31. The summed E-state index contributed by atoms with van der Waals surface area (Å²) >= 11 is 1.68. The first-order valence-corrected chi connectivity index (χ1v) is 5.87. The van der Waals surface area contributed by atoms with Gasteiger partial charge in [-0.2, -0.15) is 0 Å². The number of anilines is 2. The van der Waals surface area contributed by atoms with Crippen LogP contribution in [-0.2, 0) is 0 Å². The molecule has 0 spiro atoms. The first-order chi connectivity index (χ1) is 7.66. The van der Waals surface area contributed by atoms with Crippen molar-refractivity contribution < 1.29 is 0 Å². The molecule has 2 aromatic carbocycles. The molecule has 0 aliphatic rings. The van der Waals surface area contributed by atoms with Crippen molar-refractivity contribution >= 4 is 23.1 Å². The SMILES string of the molecule is Cc1c(N)cc(N)cc1Sc1ccccc1. The number of rotatable bonds is 2. The minimum Gasteiger partial charge on any atom is -0.399 e. The fourth-order valence-electron chi connectivity index (χ4n) is 1.45. The molecule has 0 aliphatic carbocycles. The van der Waals surface area contributed by atoms with Gasteiger partial charge < -0.3 is 11.5 Å². The minimum absolute atomic E-state index is 0.710. The highest BCUT2D eigenvalue weighted by Gasteiger charge is 2.05. The van der Waals surface area contributed by atoms with E-state index < -0.39 is 0 Å². The van der Waals surface area contributed by atoms with Crippen LogP contribution < -0.4 is 11.5 Å². The molecule has 0 saturated carbocycles. The highest BCUT2D eigenvalue weighted by atomic mass is 32.2. The summed E-state index contributed by atoms with van der Waals surface area (Å²) < 4.78 is 0. The van der Waals surface area contributed by atoms with E-state index in [0.29, 0.717) is 5.69 Å². The molecule has 2 aromatic rings. The molecule has 82 valence electrons. The Kier molecular flexibility index (Phi) is 3.06. The van der Waals surface area contributed by atoms with Gasteiger partial charge in [-0.25, -0.2) is 0 Å². The van der Waals surface area contributed by atoms with Crippen molar-refractivity contribution in [1.82, 2.24) is 0 Å². The number of nitrogens with two attached hydrogens (primary N) is 2. The van der Waals surface area contributed by atoms with E-state index in [-0.39, 0.29) is 0 Å². The molecule has 0 saturated heterocycles. The van der Waals surface area contributed by atoms with Gasteiger partial charge in [0.15, 0.2) is 0 Å². The van der Waals surface area contributed by atoms with E-state index in [1.807, 2.05) is 31.2 Å². The zero-order chi connectivity index (χ0) is 11.5. The molecular weight excluding hydrogens is 216 g/mol. The standard InChI is InChI=1S/C13H14N2S/c1-9-12(15)7-10(14)8-13(9)16-11-5-3-2-4-6-11/h2-8H,14-15H2,1H3. The van der Waals surface area contributed by atoms with Gasteiger partial charge in [0.1, 0.15) is 0 Å². The van der Waals surface area contributed by atoms with Crippen molar-refractivity contribution in [3.63, 3.8) is 0 Å². The van der Waals surface area contributed by atoms with Crippen LogP contribution in [0.1, 0.15) is 5.56 Å². The van der Waals surface area contributed by atoms with E-state index in [2.05, 4.69) is 12.1 Å². The summed E-state index contributed by atoms with van der Waals surface area (Å²) in [4.78, 5) is 2.30. The molecular formula is C13H14N2S. The van der Waals surface area contributed by atoms with Crippen molar-refractivity contribution in [1.29, 1.82) is 0 Å². The Bertz CT molecular complexity index is 495. The van der Waals surface area contributed by atoms with Crippen LogP contribution in [0.15, 0.2) is 52.3 Å². The van der Waals surface area contributed by atoms with Gasteiger partial charge in [-0.05, 0) is 36.8 Å². The van der Waals surface area contributed by atoms with Crippen molar-refractivity contribution in [2.75, 3.05) is 11.5 Å². The lowest BCUT2D eigenvalue weighted by Gasteiger charge is -2.09. The molecule has 2 rings (SSSR count). The molecule has 0 atom stereocenters. The average molecular weight is 230 g/mol.